The van der Waals surface area contributed by atoms with Gasteiger partial charge in [-0.25, -0.2) is 24.4 Å². The molecule has 4 heterocycles. The summed E-state index contributed by atoms with van der Waals surface area (Å²) >= 11 is 0. The molecule has 2 N–H and O–H groups in total. The lowest BCUT2D eigenvalue weighted by Crippen LogP contribution is -2.32. The van der Waals surface area contributed by atoms with Crippen molar-refractivity contribution in [2.24, 2.45) is 0 Å². The molecule has 0 radical (unpaired) electrons. The highest BCUT2D eigenvalue weighted by Gasteiger charge is 2.27. The zero-order valence-electron chi connectivity index (χ0n) is 23.1. The van der Waals surface area contributed by atoms with Gasteiger partial charge in [0.05, 0.1) is 17.6 Å². The van der Waals surface area contributed by atoms with Crippen molar-refractivity contribution < 1.29 is 0 Å². The lowest BCUT2D eigenvalue weighted by atomic mass is 9.91. The van der Waals surface area contributed by atoms with E-state index in [-0.39, 0.29) is 11.0 Å². The average molecular weight is 532 g/mol. The predicted molar refractivity (Wildman–Crippen MR) is 159 cm³/mol. The summed E-state index contributed by atoms with van der Waals surface area (Å²) in [6.45, 7) is 11.5. The molecule has 0 spiro atoms. The van der Waals surface area contributed by atoms with Crippen molar-refractivity contribution in [3.05, 3.63) is 82.6 Å². The first-order chi connectivity index (χ1) is 18.0. The van der Waals surface area contributed by atoms with E-state index in [1.165, 1.54) is 11.1 Å². The average Bonchev–Trinajstić information content (AvgIpc) is 3.13. The van der Waals surface area contributed by atoms with Crippen LogP contribution < -0.4 is 16.2 Å². The van der Waals surface area contributed by atoms with E-state index in [0.717, 1.165) is 30.0 Å². The minimum Gasteiger partial charge on any atom is -0.324 e. The monoisotopic (exact) mass is 531 g/mol. The number of nitrogens with zero attached hydrogens (tertiary/aromatic N) is 5. The standard InChI is InChI=1S/C29H37N7OS/c1-8-15-35-27(37)23-18-32-28(34-25(23)36(35)21-12-14-30-24(17-21)29(2,3)4)33-20-9-10-22-19(16-20)11-13-31-26(22)38(5,6)7/h8-10,12,14,16-18,26,31H,1,11,13,15H2,2-7H3,(H,32,33,34). The summed E-state index contributed by atoms with van der Waals surface area (Å²) < 4.78 is 3.48. The highest BCUT2D eigenvalue weighted by Crippen LogP contribution is 2.51. The summed E-state index contributed by atoms with van der Waals surface area (Å²) in [6.07, 6.45) is 13.1. The second-order valence-electron chi connectivity index (χ2n) is 11.6. The molecule has 0 bridgehead atoms. The molecule has 8 nitrogen and oxygen atoms in total. The highest BCUT2D eigenvalue weighted by atomic mass is 32.3. The molecule has 1 aliphatic rings. The maximum Gasteiger partial charge on any atom is 0.278 e. The predicted octanol–water partition coefficient (Wildman–Crippen LogP) is 5.04. The van der Waals surface area contributed by atoms with Gasteiger partial charge in [-0.15, -0.1) is 6.58 Å². The first-order valence-corrected chi connectivity index (χ1v) is 15.8. The molecule has 0 fully saturated rings. The van der Waals surface area contributed by atoms with Crippen LogP contribution in [0.15, 0.2) is 60.2 Å². The number of anilines is 2. The number of rotatable bonds is 6. The van der Waals surface area contributed by atoms with Crippen molar-refractivity contribution in [2.75, 3.05) is 30.6 Å². The zero-order chi connectivity index (χ0) is 27.2. The molecule has 1 aliphatic heterocycles. The van der Waals surface area contributed by atoms with E-state index < -0.39 is 10.0 Å². The Balaban J connectivity index is 1.57. The number of allylic oxidation sites excluding steroid dienone is 1. The van der Waals surface area contributed by atoms with Crippen molar-refractivity contribution in [2.45, 2.75) is 44.5 Å². The van der Waals surface area contributed by atoms with Gasteiger partial charge in [0.15, 0.2) is 5.65 Å². The molecule has 200 valence electrons. The molecule has 0 amide bonds. The summed E-state index contributed by atoms with van der Waals surface area (Å²) in [4.78, 5) is 27.2. The Morgan fingerprint density at radius 1 is 1.18 bits per heavy atom. The maximum absolute atomic E-state index is 13.3. The van der Waals surface area contributed by atoms with Crippen LogP contribution in [0.4, 0.5) is 11.6 Å². The fraction of sp³-hybridized carbons (Fsp3) is 0.379. The summed E-state index contributed by atoms with van der Waals surface area (Å²) in [5.41, 5.74) is 5.66. The fourth-order valence-electron chi connectivity index (χ4n) is 4.96. The zero-order valence-corrected chi connectivity index (χ0v) is 23.9. The molecule has 0 aliphatic carbocycles. The number of pyridine rings is 1. The van der Waals surface area contributed by atoms with E-state index in [1.807, 2.05) is 16.8 Å². The van der Waals surface area contributed by atoms with E-state index in [2.05, 4.69) is 84.9 Å². The molecule has 3 aromatic heterocycles. The Kier molecular flexibility index (Phi) is 6.69. The second-order valence-corrected chi connectivity index (χ2v) is 16.0. The van der Waals surface area contributed by atoms with Gasteiger partial charge in [-0.05, 0) is 60.6 Å². The van der Waals surface area contributed by atoms with Gasteiger partial charge in [-0.3, -0.25) is 9.78 Å². The van der Waals surface area contributed by atoms with Crippen molar-refractivity contribution in [1.29, 1.82) is 0 Å². The third-order valence-corrected chi connectivity index (χ3v) is 8.68. The summed E-state index contributed by atoms with van der Waals surface area (Å²) in [5, 5.41) is 7.94. The van der Waals surface area contributed by atoms with Gasteiger partial charge in [0.2, 0.25) is 5.95 Å². The van der Waals surface area contributed by atoms with Gasteiger partial charge in [-0.2, -0.15) is 4.98 Å². The molecular formula is C29H37N7OS. The van der Waals surface area contributed by atoms with E-state index in [0.29, 0.717) is 28.9 Å². The van der Waals surface area contributed by atoms with E-state index >= 15 is 0 Å². The Hall–Kier alpha value is -3.43. The third kappa shape index (κ3) is 4.88. The molecular weight excluding hydrogens is 494 g/mol. The first-order valence-electron chi connectivity index (χ1n) is 12.8. The van der Waals surface area contributed by atoms with Crippen LogP contribution >= 0.6 is 10.0 Å². The second kappa shape index (κ2) is 9.71. The van der Waals surface area contributed by atoms with Gasteiger partial charge in [-0.1, -0.05) is 32.9 Å². The number of fused-ring (bicyclic) bond motifs is 2. The number of nitrogens with one attached hydrogen (secondary N) is 2. The molecule has 1 aromatic carbocycles. The van der Waals surface area contributed by atoms with E-state index in [4.69, 9.17) is 4.98 Å². The minimum atomic E-state index is -0.788. The highest BCUT2D eigenvalue weighted by molar-refractivity contribution is 8.32. The number of aromatic nitrogens is 5. The topological polar surface area (TPSA) is 89.7 Å². The third-order valence-electron chi connectivity index (χ3n) is 6.85. The Morgan fingerprint density at radius 2 is 1.97 bits per heavy atom. The number of benzene rings is 1. The van der Waals surface area contributed by atoms with Gasteiger partial charge < -0.3 is 10.6 Å². The van der Waals surface area contributed by atoms with Crippen molar-refractivity contribution in [3.8, 4) is 5.69 Å². The van der Waals surface area contributed by atoms with Crippen LogP contribution in [-0.4, -0.2) is 49.6 Å². The van der Waals surface area contributed by atoms with Gasteiger partial charge in [0.1, 0.15) is 5.39 Å². The Morgan fingerprint density at radius 3 is 2.68 bits per heavy atom. The molecule has 1 unspecified atom stereocenters. The number of hydrogen-bond acceptors (Lipinski definition) is 6. The summed E-state index contributed by atoms with van der Waals surface area (Å²) in [6, 6.07) is 10.4. The fourth-order valence-corrected chi connectivity index (χ4v) is 6.57. The molecule has 9 heteroatoms. The van der Waals surface area contributed by atoms with Crippen LogP contribution in [0, 0.1) is 0 Å². The van der Waals surface area contributed by atoms with E-state index in [9.17, 15) is 4.79 Å². The van der Waals surface area contributed by atoms with Gasteiger partial charge >= 0.3 is 0 Å². The molecule has 1 atom stereocenters. The molecule has 38 heavy (non-hydrogen) atoms. The lowest BCUT2D eigenvalue weighted by Gasteiger charge is -2.40. The smallest absolute Gasteiger partial charge is 0.278 e. The van der Waals surface area contributed by atoms with Crippen molar-refractivity contribution in [1.82, 2.24) is 29.6 Å². The molecule has 0 saturated carbocycles. The Bertz CT molecular complexity index is 1570. The maximum atomic E-state index is 13.3. The van der Waals surface area contributed by atoms with Gasteiger partial charge in [0, 0.05) is 35.7 Å². The lowest BCUT2D eigenvalue weighted by molar-refractivity contribution is 0.563. The Labute approximate surface area is 225 Å². The van der Waals surface area contributed by atoms with Crippen LogP contribution in [0.1, 0.15) is 43.0 Å². The van der Waals surface area contributed by atoms with Crippen molar-refractivity contribution >= 4 is 32.7 Å². The largest absolute Gasteiger partial charge is 0.324 e. The molecule has 4 aromatic rings. The van der Waals surface area contributed by atoms with Crippen LogP contribution in [0.3, 0.4) is 0 Å². The normalized spacial score (nSPS) is 16.3. The SMILES string of the molecule is C=CCn1c(=O)c2cnc(Nc3ccc4c(c3)CCNC4S(C)(C)C)nc2n1-c1ccnc(C(C)(C)C)c1. The van der Waals surface area contributed by atoms with Crippen molar-refractivity contribution in [3.63, 3.8) is 0 Å². The van der Waals surface area contributed by atoms with E-state index in [1.54, 1.807) is 23.2 Å². The molecule has 0 saturated heterocycles. The van der Waals surface area contributed by atoms with Gasteiger partial charge in [0.25, 0.3) is 5.56 Å². The van der Waals surface area contributed by atoms with Crippen LogP contribution in [0.5, 0.6) is 0 Å². The number of hydrogen-bond donors (Lipinski definition) is 2. The van der Waals surface area contributed by atoms with Crippen LogP contribution in [-0.2, 0) is 18.4 Å². The minimum absolute atomic E-state index is 0.139. The first kappa shape index (κ1) is 26.2. The van der Waals surface area contributed by atoms with Crippen LogP contribution in [0.25, 0.3) is 16.7 Å². The quantitative estimate of drug-likeness (QED) is 0.339. The summed E-state index contributed by atoms with van der Waals surface area (Å²) in [7, 11) is -0.788. The van der Waals surface area contributed by atoms with Crippen LogP contribution in [0.2, 0.25) is 0 Å². The summed E-state index contributed by atoms with van der Waals surface area (Å²) in [5.74, 6) is 0.444. The molecule has 5 rings (SSSR count).